The molecule has 0 aromatic rings. The Morgan fingerprint density at radius 2 is 1.94 bits per heavy atom. The Morgan fingerprint density at radius 3 is 2.59 bits per heavy atom. The molecule has 1 saturated carbocycles. The molecular formula is C15H30N2. The van der Waals surface area contributed by atoms with Crippen molar-refractivity contribution >= 4 is 0 Å². The van der Waals surface area contributed by atoms with Crippen LogP contribution in [-0.2, 0) is 0 Å². The summed E-state index contributed by atoms with van der Waals surface area (Å²) in [7, 11) is 0. The van der Waals surface area contributed by atoms with Crippen LogP contribution in [0.15, 0.2) is 0 Å². The molecular weight excluding hydrogens is 208 g/mol. The van der Waals surface area contributed by atoms with E-state index >= 15 is 0 Å². The molecule has 0 radical (unpaired) electrons. The SMILES string of the molecule is CCCNC1CCN(CC2CCCC2)C(C)C1. The standard InChI is InChI=1S/C15H30N2/c1-3-9-16-15-8-10-17(13(2)11-15)12-14-6-4-5-7-14/h13-16H,3-12H2,1-2H3. The van der Waals surface area contributed by atoms with Crippen LogP contribution in [0.5, 0.6) is 0 Å². The van der Waals surface area contributed by atoms with Crippen LogP contribution in [-0.4, -0.2) is 36.6 Å². The average Bonchev–Trinajstić information content (AvgIpc) is 2.82. The summed E-state index contributed by atoms with van der Waals surface area (Å²) in [6.07, 6.45) is 9.91. The molecule has 2 fully saturated rings. The molecule has 1 saturated heterocycles. The van der Waals surface area contributed by atoms with Crippen molar-refractivity contribution in [2.75, 3.05) is 19.6 Å². The van der Waals surface area contributed by atoms with Crippen molar-refractivity contribution in [2.24, 2.45) is 5.92 Å². The van der Waals surface area contributed by atoms with Crippen LogP contribution in [0.25, 0.3) is 0 Å². The maximum Gasteiger partial charge on any atom is 0.00940 e. The fourth-order valence-electron chi connectivity index (χ4n) is 3.55. The molecule has 1 aliphatic carbocycles. The lowest BCUT2D eigenvalue weighted by Crippen LogP contribution is -2.48. The molecule has 2 unspecified atom stereocenters. The monoisotopic (exact) mass is 238 g/mol. The van der Waals surface area contributed by atoms with Gasteiger partial charge in [0.15, 0.2) is 0 Å². The normalized spacial score (nSPS) is 32.1. The molecule has 2 heteroatoms. The predicted octanol–water partition coefficient (Wildman–Crippen LogP) is 3.03. The molecule has 0 bridgehead atoms. The first kappa shape index (κ1) is 13.4. The third-order valence-electron chi connectivity index (χ3n) is 4.66. The van der Waals surface area contributed by atoms with Gasteiger partial charge in [-0.05, 0) is 58.0 Å². The van der Waals surface area contributed by atoms with Crippen LogP contribution in [0, 0.1) is 5.92 Å². The zero-order valence-electron chi connectivity index (χ0n) is 11.8. The second-order valence-electron chi connectivity index (χ2n) is 6.17. The van der Waals surface area contributed by atoms with Gasteiger partial charge in [0.05, 0.1) is 0 Å². The van der Waals surface area contributed by atoms with Gasteiger partial charge < -0.3 is 10.2 Å². The van der Waals surface area contributed by atoms with E-state index in [0.717, 1.165) is 18.0 Å². The summed E-state index contributed by atoms with van der Waals surface area (Å²) >= 11 is 0. The molecule has 2 atom stereocenters. The fraction of sp³-hybridized carbons (Fsp3) is 1.00. The van der Waals surface area contributed by atoms with Crippen LogP contribution in [0.3, 0.4) is 0 Å². The molecule has 100 valence electrons. The lowest BCUT2D eigenvalue weighted by Gasteiger charge is -2.39. The van der Waals surface area contributed by atoms with Crippen molar-refractivity contribution in [1.82, 2.24) is 10.2 Å². The molecule has 1 N–H and O–H groups in total. The third-order valence-corrected chi connectivity index (χ3v) is 4.66. The average molecular weight is 238 g/mol. The molecule has 17 heavy (non-hydrogen) atoms. The van der Waals surface area contributed by atoms with E-state index in [4.69, 9.17) is 0 Å². The van der Waals surface area contributed by atoms with E-state index in [1.807, 2.05) is 0 Å². The summed E-state index contributed by atoms with van der Waals surface area (Å²) in [5.41, 5.74) is 0. The Morgan fingerprint density at radius 1 is 1.18 bits per heavy atom. The van der Waals surface area contributed by atoms with Crippen LogP contribution in [0.1, 0.15) is 58.8 Å². The van der Waals surface area contributed by atoms with Crippen molar-refractivity contribution in [3.05, 3.63) is 0 Å². The highest BCUT2D eigenvalue weighted by Gasteiger charge is 2.27. The minimum absolute atomic E-state index is 0.782. The number of rotatable bonds is 5. The summed E-state index contributed by atoms with van der Waals surface area (Å²) in [6.45, 7) is 8.57. The number of nitrogens with one attached hydrogen (secondary N) is 1. The Hall–Kier alpha value is -0.0800. The second kappa shape index (κ2) is 6.75. The molecule has 0 spiro atoms. The van der Waals surface area contributed by atoms with E-state index in [1.165, 1.54) is 64.6 Å². The molecule has 2 aliphatic rings. The zero-order valence-corrected chi connectivity index (χ0v) is 11.8. The van der Waals surface area contributed by atoms with E-state index in [0.29, 0.717) is 0 Å². The topological polar surface area (TPSA) is 15.3 Å². The van der Waals surface area contributed by atoms with Crippen LogP contribution < -0.4 is 5.32 Å². The smallest absolute Gasteiger partial charge is 0.00940 e. The molecule has 0 aromatic heterocycles. The van der Waals surface area contributed by atoms with E-state index in [9.17, 15) is 0 Å². The summed E-state index contributed by atoms with van der Waals surface area (Å²) < 4.78 is 0. The maximum absolute atomic E-state index is 3.69. The largest absolute Gasteiger partial charge is 0.314 e. The number of hydrogen-bond donors (Lipinski definition) is 1. The predicted molar refractivity (Wildman–Crippen MR) is 74.3 cm³/mol. The highest BCUT2D eigenvalue weighted by atomic mass is 15.2. The van der Waals surface area contributed by atoms with Crippen molar-refractivity contribution in [3.8, 4) is 0 Å². The summed E-state index contributed by atoms with van der Waals surface area (Å²) in [5, 5.41) is 3.69. The lowest BCUT2D eigenvalue weighted by atomic mass is 9.96. The highest BCUT2D eigenvalue weighted by Crippen LogP contribution is 2.28. The van der Waals surface area contributed by atoms with Crippen molar-refractivity contribution < 1.29 is 0 Å². The van der Waals surface area contributed by atoms with E-state index < -0.39 is 0 Å². The lowest BCUT2D eigenvalue weighted by molar-refractivity contribution is 0.117. The second-order valence-corrected chi connectivity index (χ2v) is 6.17. The first-order valence-corrected chi connectivity index (χ1v) is 7.77. The minimum atomic E-state index is 0.782. The van der Waals surface area contributed by atoms with Gasteiger partial charge in [-0.15, -0.1) is 0 Å². The quantitative estimate of drug-likeness (QED) is 0.792. The van der Waals surface area contributed by atoms with Gasteiger partial charge in [0.1, 0.15) is 0 Å². The molecule has 0 aromatic carbocycles. The summed E-state index contributed by atoms with van der Waals surface area (Å²) in [5.74, 6) is 1.01. The Balaban J connectivity index is 1.71. The van der Waals surface area contributed by atoms with Crippen LogP contribution in [0.2, 0.25) is 0 Å². The Bertz CT molecular complexity index is 211. The van der Waals surface area contributed by atoms with Crippen molar-refractivity contribution in [1.29, 1.82) is 0 Å². The van der Waals surface area contributed by atoms with Gasteiger partial charge in [-0.1, -0.05) is 19.8 Å². The van der Waals surface area contributed by atoms with Crippen molar-refractivity contribution in [3.63, 3.8) is 0 Å². The molecule has 1 aliphatic heterocycles. The van der Waals surface area contributed by atoms with Gasteiger partial charge in [-0.3, -0.25) is 0 Å². The number of hydrogen-bond acceptors (Lipinski definition) is 2. The van der Waals surface area contributed by atoms with Gasteiger partial charge in [0.2, 0.25) is 0 Å². The molecule has 1 heterocycles. The summed E-state index contributed by atoms with van der Waals surface area (Å²) in [6, 6.07) is 1.57. The van der Waals surface area contributed by atoms with E-state index in [-0.39, 0.29) is 0 Å². The van der Waals surface area contributed by atoms with Crippen molar-refractivity contribution in [2.45, 2.75) is 70.9 Å². The van der Waals surface area contributed by atoms with E-state index in [2.05, 4.69) is 24.1 Å². The molecule has 2 nitrogen and oxygen atoms in total. The minimum Gasteiger partial charge on any atom is -0.314 e. The number of piperidine rings is 1. The highest BCUT2D eigenvalue weighted by molar-refractivity contribution is 4.84. The first-order chi connectivity index (χ1) is 8.29. The fourth-order valence-corrected chi connectivity index (χ4v) is 3.55. The van der Waals surface area contributed by atoms with Gasteiger partial charge in [0.25, 0.3) is 0 Å². The van der Waals surface area contributed by atoms with Gasteiger partial charge in [0, 0.05) is 18.6 Å². The number of nitrogens with zero attached hydrogens (tertiary/aromatic N) is 1. The van der Waals surface area contributed by atoms with Gasteiger partial charge in [-0.2, -0.15) is 0 Å². The van der Waals surface area contributed by atoms with Gasteiger partial charge in [-0.25, -0.2) is 0 Å². The van der Waals surface area contributed by atoms with Gasteiger partial charge >= 0.3 is 0 Å². The Labute approximate surface area is 107 Å². The molecule has 2 rings (SSSR count). The first-order valence-electron chi connectivity index (χ1n) is 7.77. The van der Waals surface area contributed by atoms with E-state index in [1.54, 1.807) is 0 Å². The van der Waals surface area contributed by atoms with Crippen LogP contribution in [0.4, 0.5) is 0 Å². The number of likely N-dealkylation sites (tertiary alicyclic amines) is 1. The summed E-state index contributed by atoms with van der Waals surface area (Å²) in [4.78, 5) is 2.75. The Kier molecular flexibility index (Phi) is 5.30. The molecule has 0 amide bonds. The maximum atomic E-state index is 3.69. The zero-order chi connectivity index (χ0) is 12.1. The van der Waals surface area contributed by atoms with Crippen LogP contribution >= 0.6 is 0 Å². The third kappa shape index (κ3) is 3.96.